The van der Waals surface area contributed by atoms with E-state index >= 15 is 0 Å². The van der Waals surface area contributed by atoms with Gasteiger partial charge in [-0.2, -0.15) is 0 Å². The molecule has 0 fully saturated rings. The van der Waals surface area contributed by atoms with Gasteiger partial charge in [-0.25, -0.2) is 0 Å². The first kappa shape index (κ1) is 6.60. The average Bonchev–Trinajstić information content (AvgIpc) is 2.63. The van der Waals surface area contributed by atoms with Crippen LogP contribution >= 0.6 is 0 Å². The van der Waals surface area contributed by atoms with Crippen molar-refractivity contribution in [2.45, 2.75) is 32.1 Å². The zero-order valence-electron chi connectivity index (χ0n) is 5.90. The lowest BCUT2D eigenvalue weighted by molar-refractivity contribution is 0.751. The molecule has 0 unspecified atom stereocenters. The summed E-state index contributed by atoms with van der Waals surface area (Å²) in [6.07, 6.45) is 10.8. The number of rotatable bonds is 5. The van der Waals surface area contributed by atoms with Gasteiger partial charge in [0.1, 0.15) is 0 Å². The van der Waals surface area contributed by atoms with Gasteiger partial charge in [-0.1, -0.05) is 17.7 Å². The first-order valence-corrected chi connectivity index (χ1v) is 3.72. The van der Waals surface area contributed by atoms with Crippen LogP contribution in [0.1, 0.15) is 32.1 Å². The molecule has 1 aliphatic rings. The van der Waals surface area contributed by atoms with E-state index in [1.807, 2.05) is 6.08 Å². The average molecular weight is 122 g/mol. The van der Waals surface area contributed by atoms with Crippen LogP contribution in [0.2, 0.25) is 0 Å². The van der Waals surface area contributed by atoms with Gasteiger partial charge >= 0.3 is 0 Å². The molecule has 50 valence electrons. The van der Waals surface area contributed by atoms with E-state index < -0.39 is 0 Å². The van der Waals surface area contributed by atoms with Crippen molar-refractivity contribution in [2.75, 3.05) is 0 Å². The highest BCUT2D eigenvalue weighted by Gasteiger charge is 2.04. The van der Waals surface area contributed by atoms with Gasteiger partial charge in [-0.3, -0.25) is 0 Å². The number of unbranched alkanes of at least 4 members (excludes halogenated alkanes) is 2. The highest BCUT2D eigenvalue weighted by molar-refractivity contribution is 5.21. The van der Waals surface area contributed by atoms with Crippen molar-refractivity contribution in [1.29, 1.82) is 0 Å². The molecule has 1 aliphatic carbocycles. The number of allylic oxidation sites excluding steroid dienone is 3. The Morgan fingerprint density at radius 2 is 2.33 bits per heavy atom. The zero-order chi connectivity index (χ0) is 6.53. The first-order chi connectivity index (χ1) is 4.43. The standard InChI is InChI=1S/C9H14/c1-2-3-4-5-6-9-7-8-9/h2,7H,1,3-6,8H2. The summed E-state index contributed by atoms with van der Waals surface area (Å²) >= 11 is 0. The highest BCUT2D eigenvalue weighted by atomic mass is 14.1. The van der Waals surface area contributed by atoms with Crippen LogP contribution in [0.25, 0.3) is 0 Å². The van der Waals surface area contributed by atoms with E-state index in [1.165, 1.54) is 32.1 Å². The van der Waals surface area contributed by atoms with Gasteiger partial charge < -0.3 is 0 Å². The Balaban J connectivity index is 1.81. The molecule has 0 aromatic rings. The monoisotopic (exact) mass is 122 g/mol. The maximum Gasteiger partial charge on any atom is -0.0136 e. The molecule has 0 radical (unpaired) electrons. The van der Waals surface area contributed by atoms with Crippen molar-refractivity contribution >= 4 is 0 Å². The van der Waals surface area contributed by atoms with Crippen molar-refractivity contribution in [1.82, 2.24) is 0 Å². The van der Waals surface area contributed by atoms with Gasteiger partial charge in [0.15, 0.2) is 0 Å². The van der Waals surface area contributed by atoms with E-state index in [-0.39, 0.29) is 0 Å². The SMILES string of the molecule is C=CCCCCC1=CC1. The molecule has 0 aromatic heterocycles. The minimum Gasteiger partial charge on any atom is -0.103 e. The van der Waals surface area contributed by atoms with Crippen molar-refractivity contribution in [3.05, 3.63) is 24.3 Å². The fourth-order valence-corrected chi connectivity index (χ4v) is 0.917. The second kappa shape index (κ2) is 3.49. The molecule has 0 spiro atoms. The summed E-state index contributed by atoms with van der Waals surface area (Å²) in [6.45, 7) is 3.68. The molecule has 9 heavy (non-hydrogen) atoms. The minimum absolute atomic E-state index is 1.19. The molecule has 0 N–H and O–H groups in total. The smallest absolute Gasteiger partial charge is 0.0136 e. The maximum atomic E-state index is 3.68. The van der Waals surface area contributed by atoms with Gasteiger partial charge in [0, 0.05) is 0 Å². The predicted octanol–water partition coefficient (Wildman–Crippen LogP) is 3.06. The molecule has 0 heteroatoms. The van der Waals surface area contributed by atoms with E-state index in [0.717, 1.165) is 0 Å². The molecular formula is C9H14. The Bertz CT molecular complexity index is 120. The fourth-order valence-electron chi connectivity index (χ4n) is 0.917. The van der Waals surface area contributed by atoms with E-state index in [2.05, 4.69) is 12.7 Å². The summed E-state index contributed by atoms with van der Waals surface area (Å²) < 4.78 is 0. The molecule has 0 amide bonds. The molecule has 0 heterocycles. The van der Waals surface area contributed by atoms with Crippen molar-refractivity contribution < 1.29 is 0 Å². The topological polar surface area (TPSA) is 0 Å². The Morgan fingerprint density at radius 3 is 2.89 bits per heavy atom. The maximum absolute atomic E-state index is 3.68. The van der Waals surface area contributed by atoms with Crippen molar-refractivity contribution in [2.24, 2.45) is 0 Å². The fraction of sp³-hybridized carbons (Fsp3) is 0.556. The van der Waals surface area contributed by atoms with Gasteiger partial charge in [-0.15, -0.1) is 6.58 Å². The van der Waals surface area contributed by atoms with E-state index in [1.54, 1.807) is 5.57 Å². The van der Waals surface area contributed by atoms with Crippen LogP contribution in [0, 0.1) is 0 Å². The largest absolute Gasteiger partial charge is 0.103 e. The van der Waals surface area contributed by atoms with Crippen LogP contribution in [0.3, 0.4) is 0 Å². The summed E-state index contributed by atoms with van der Waals surface area (Å²) in [6, 6.07) is 0. The van der Waals surface area contributed by atoms with Crippen LogP contribution in [-0.4, -0.2) is 0 Å². The van der Waals surface area contributed by atoms with Crippen molar-refractivity contribution in [3.8, 4) is 0 Å². The number of hydrogen-bond donors (Lipinski definition) is 0. The second-order valence-electron chi connectivity index (χ2n) is 2.60. The summed E-state index contributed by atoms with van der Waals surface area (Å²) in [5.41, 5.74) is 1.67. The van der Waals surface area contributed by atoms with Crippen LogP contribution < -0.4 is 0 Å². The third kappa shape index (κ3) is 3.12. The molecule has 0 atom stereocenters. The Morgan fingerprint density at radius 1 is 1.56 bits per heavy atom. The van der Waals surface area contributed by atoms with Crippen molar-refractivity contribution in [3.63, 3.8) is 0 Å². The highest BCUT2D eigenvalue weighted by Crippen LogP contribution is 2.24. The predicted molar refractivity (Wildman–Crippen MR) is 41.4 cm³/mol. The molecule has 0 aliphatic heterocycles. The van der Waals surface area contributed by atoms with Crippen LogP contribution in [0.5, 0.6) is 0 Å². The Labute approximate surface area is 57.3 Å². The van der Waals surface area contributed by atoms with Gasteiger partial charge in [-0.05, 0) is 32.1 Å². The van der Waals surface area contributed by atoms with Gasteiger partial charge in [0.25, 0.3) is 0 Å². The van der Waals surface area contributed by atoms with E-state index in [9.17, 15) is 0 Å². The third-order valence-electron chi connectivity index (χ3n) is 1.65. The lowest BCUT2D eigenvalue weighted by Crippen LogP contribution is -1.72. The lowest BCUT2D eigenvalue weighted by Gasteiger charge is -1.91. The molecule has 0 aromatic carbocycles. The number of hydrogen-bond acceptors (Lipinski definition) is 0. The molecule has 0 saturated carbocycles. The summed E-state index contributed by atoms with van der Waals surface area (Å²) in [4.78, 5) is 0. The lowest BCUT2D eigenvalue weighted by atomic mass is 10.1. The van der Waals surface area contributed by atoms with Crippen LogP contribution in [0.4, 0.5) is 0 Å². The molecule has 1 rings (SSSR count). The van der Waals surface area contributed by atoms with E-state index in [4.69, 9.17) is 0 Å². The summed E-state index contributed by atoms with van der Waals surface area (Å²) in [5, 5.41) is 0. The Kier molecular flexibility index (Phi) is 2.56. The third-order valence-corrected chi connectivity index (χ3v) is 1.65. The normalized spacial score (nSPS) is 14.9. The second-order valence-corrected chi connectivity index (χ2v) is 2.60. The molecular weight excluding hydrogens is 108 g/mol. The molecule has 0 nitrogen and oxygen atoms in total. The van der Waals surface area contributed by atoms with Gasteiger partial charge in [0.2, 0.25) is 0 Å². The van der Waals surface area contributed by atoms with E-state index in [0.29, 0.717) is 0 Å². The van der Waals surface area contributed by atoms with Crippen LogP contribution in [0.15, 0.2) is 24.3 Å². The molecule has 0 bridgehead atoms. The Hall–Kier alpha value is -0.520. The quantitative estimate of drug-likeness (QED) is 0.388. The summed E-state index contributed by atoms with van der Waals surface area (Å²) in [7, 11) is 0. The summed E-state index contributed by atoms with van der Waals surface area (Å²) in [5.74, 6) is 0. The van der Waals surface area contributed by atoms with Crippen LogP contribution in [-0.2, 0) is 0 Å². The first-order valence-electron chi connectivity index (χ1n) is 3.72. The molecule has 0 saturated heterocycles. The minimum atomic E-state index is 1.19. The zero-order valence-corrected chi connectivity index (χ0v) is 5.90. The van der Waals surface area contributed by atoms with Gasteiger partial charge in [0.05, 0.1) is 0 Å².